The van der Waals surface area contributed by atoms with Gasteiger partial charge in [0.1, 0.15) is 0 Å². The van der Waals surface area contributed by atoms with Crippen LogP contribution in [0.25, 0.3) is 0 Å². The molecule has 0 aliphatic carbocycles. The molecule has 23 heavy (non-hydrogen) atoms. The maximum absolute atomic E-state index is 8.64. The summed E-state index contributed by atoms with van der Waals surface area (Å²) < 4.78 is 0. The molecule has 0 aromatic heterocycles. The summed E-state index contributed by atoms with van der Waals surface area (Å²) in [6.07, 6.45) is 22.5. The zero-order chi connectivity index (χ0) is 17.4. The Morgan fingerprint density at radius 2 is 0.565 bits per heavy atom. The van der Waals surface area contributed by atoms with Gasteiger partial charge in [0.25, 0.3) is 0 Å². The van der Waals surface area contributed by atoms with Crippen molar-refractivity contribution in [3.63, 3.8) is 0 Å². The molecular formula is C21H46O2. The van der Waals surface area contributed by atoms with Crippen LogP contribution in [0, 0.1) is 0 Å². The van der Waals surface area contributed by atoms with Crippen molar-refractivity contribution >= 4 is 0 Å². The van der Waals surface area contributed by atoms with Crippen molar-refractivity contribution in [2.24, 2.45) is 0 Å². The molecule has 0 aliphatic heterocycles. The average molecular weight is 331 g/mol. The molecule has 0 spiro atoms. The summed E-state index contributed by atoms with van der Waals surface area (Å²) in [6.45, 7) is 5.13. The molecule has 2 N–H and O–H groups in total. The van der Waals surface area contributed by atoms with Crippen LogP contribution in [-0.2, 0) is 0 Å². The molecule has 0 atom stereocenters. The lowest BCUT2D eigenvalue weighted by Crippen LogP contribution is -1.84. The van der Waals surface area contributed by atoms with Gasteiger partial charge in [-0.05, 0) is 12.8 Å². The molecule has 0 fully saturated rings. The van der Waals surface area contributed by atoms with E-state index in [0.717, 1.165) is 19.3 Å². The lowest BCUT2D eigenvalue weighted by molar-refractivity contribution is 0.282. The minimum atomic E-state index is 0.355. The van der Waals surface area contributed by atoms with E-state index in [1.54, 1.807) is 0 Å². The zero-order valence-corrected chi connectivity index (χ0v) is 16.3. The molecule has 0 saturated heterocycles. The molecule has 0 aromatic carbocycles. The fraction of sp³-hybridized carbons (Fsp3) is 1.00. The Bertz CT molecular complexity index is 153. The summed E-state index contributed by atoms with van der Waals surface area (Å²) in [6, 6.07) is 0. The van der Waals surface area contributed by atoms with Crippen molar-refractivity contribution in [2.45, 2.75) is 123 Å². The van der Waals surface area contributed by atoms with Gasteiger partial charge in [0.05, 0.1) is 0 Å². The van der Waals surface area contributed by atoms with E-state index in [-0.39, 0.29) is 0 Å². The van der Waals surface area contributed by atoms with Gasteiger partial charge in [0.15, 0.2) is 0 Å². The van der Waals surface area contributed by atoms with E-state index in [4.69, 9.17) is 10.2 Å². The maximum atomic E-state index is 8.64. The van der Waals surface area contributed by atoms with Crippen LogP contribution in [0.5, 0.6) is 0 Å². The minimum absolute atomic E-state index is 0.355. The van der Waals surface area contributed by atoms with Gasteiger partial charge >= 0.3 is 0 Å². The minimum Gasteiger partial charge on any atom is -0.396 e. The molecule has 0 rings (SSSR count). The quantitative estimate of drug-likeness (QED) is 0.294. The Morgan fingerprint density at radius 3 is 0.826 bits per heavy atom. The predicted molar refractivity (Wildman–Crippen MR) is 104 cm³/mol. The highest BCUT2D eigenvalue weighted by molar-refractivity contribution is 4.48. The topological polar surface area (TPSA) is 40.5 Å². The summed E-state index contributed by atoms with van der Waals surface area (Å²) in [5.74, 6) is 0. The molecule has 0 aliphatic rings. The standard InChI is InChI=1S/C16H34O.C5H12O/c1-2-3-4-5-6-7-8-9-10-11-12-13-14-15-16-17;1-2-3-4-5-6/h17H,2-16H2,1H3;6H,2-5H2,1H3. The Morgan fingerprint density at radius 1 is 0.348 bits per heavy atom. The highest BCUT2D eigenvalue weighted by atomic mass is 16.3. The first-order valence-corrected chi connectivity index (χ1v) is 10.5. The number of hydrogen-bond donors (Lipinski definition) is 2. The summed E-state index contributed by atoms with van der Waals surface area (Å²) in [4.78, 5) is 0. The van der Waals surface area contributed by atoms with E-state index >= 15 is 0 Å². The van der Waals surface area contributed by atoms with Crippen molar-refractivity contribution in [3.8, 4) is 0 Å². The third-order valence-corrected chi connectivity index (χ3v) is 4.27. The van der Waals surface area contributed by atoms with E-state index in [1.165, 1.54) is 89.9 Å². The largest absolute Gasteiger partial charge is 0.396 e. The summed E-state index contributed by atoms with van der Waals surface area (Å²) in [7, 11) is 0. The number of hydrogen-bond acceptors (Lipinski definition) is 2. The predicted octanol–water partition coefficient (Wildman–Crippen LogP) is 6.63. The molecule has 0 heterocycles. The van der Waals surface area contributed by atoms with Crippen LogP contribution in [0.4, 0.5) is 0 Å². The SMILES string of the molecule is CCCCCCCCCCCCCCCCO.CCCCCO. The number of unbranched alkanes of at least 4 members (excludes halogenated alkanes) is 15. The van der Waals surface area contributed by atoms with Crippen molar-refractivity contribution in [1.29, 1.82) is 0 Å². The molecule has 0 radical (unpaired) electrons. The van der Waals surface area contributed by atoms with Crippen LogP contribution in [0.2, 0.25) is 0 Å². The van der Waals surface area contributed by atoms with E-state index in [9.17, 15) is 0 Å². The van der Waals surface area contributed by atoms with E-state index in [0.29, 0.717) is 13.2 Å². The Labute approximate surface area is 147 Å². The Hall–Kier alpha value is -0.0800. The molecule has 2 heteroatoms. The van der Waals surface area contributed by atoms with Gasteiger partial charge in [-0.3, -0.25) is 0 Å². The van der Waals surface area contributed by atoms with Crippen molar-refractivity contribution in [3.05, 3.63) is 0 Å². The molecule has 0 bridgehead atoms. The Kier molecular flexibility index (Phi) is 29.3. The van der Waals surface area contributed by atoms with Gasteiger partial charge in [-0.2, -0.15) is 0 Å². The average Bonchev–Trinajstić information content (AvgIpc) is 2.58. The highest BCUT2D eigenvalue weighted by Gasteiger charge is 1.93. The highest BCUT2D eigenvalue weighted by Crippen LogP contribution is 2.12. The smallest absolute Gasteiger partial charge is 0.0431 e. The second-order valence-electron chi connectivity index (χ2n) is 6.75. The Balaban J connectivity index is 0. The molecule has 142 valence electrons. The molecule has 0 unspecified atom stereocenters. The van der Waals surface area contributed by atoms with Crippen LogP contribution in [-0.4, -0.2) is 23.4 Å². The lowest BCUT2D eigenvalue weighted by Gasteiger charge is -2.02. The van der Waals surface area contributed by atoms with E-state index in [2.05, 4.69) is 13.8 Å². The summed E-state index contributed by atoms with van der Waals surface area (Å²) >= 11 is 0. The van der Waals surface area contributed by atoms with Gasteiger partial charge in [-0.25, -0.2) is 0 Å². The second-order valence-corrected chi connectivity index (χ2v) is 6.75. The van der Waals surface area contributed by atoms with Crippen molar-refractivity contribution in [1.82, 2.24) is 0 Å². The molecule has 0 aromatic rings. The van der Waals surface area contributed by atoms with Crippen molar-refractivity contribution < 1.29 is 10.2 Å². The fourth-order valence-electron chi connectivity index (χ4n) is 2.67. The molecule has 2 nitrogen and oxygen atoms in total. The number of aliphatic hydroxyl groups excluding tert-OH is 2. The first-order chi connectivity index (χ1) is 11.3. The third kappa shape index (κ3) is 30.4. The van der Waals surface area contributed by atoms with E-state index < -0.39 is 0 Å². The normalized spacial score (nSPS) is 10.4. The monoisotopic (exact) mass is 330 g/mol. The van der Waals surface area contributed by atoms with Gasteiger partial charge in [0.2, 0.25) is 0 Å². The summed E-state index contributed by atoms with van der Waals surface area (Å²) in [5, 5.41) is 16.8. The molecule has 0 amide bonds. The van der Waals surface area contributed by atoms with Crippen LogP contribution in [0.1, 0.15) is 123 Å². The van der Waals surface area contributed by atoms with Crippen LogP contribution in [0.3, 0.4) is 0 Å². The first-order valence-electron chi connectivity index (χ1n) is 10.5. The second kappa shape index (κ2) is 26.8. The third-order valence-electron chi connectivity index (χ3n) is 4.27. The van der Waals surface area contributed by atoms with Gasteiger partial charge in [-0.15, -0.1) is 0 Å². The van der Waals surface area contributed by atoms with Crippen molar-refractivity contribution in [2.75, 3.05) is 13.2 Å². The van der Waals surface area contributed by atoms with Crippen LogP contribution >= 0.6 is 0 Å². The van der Waals surface area contributed by atoms with Crippen LogP contribution < -0.4 is 0 Å². The fourth-order valence-corrected chi connectivity index (χ4v) is 2.67. The lowest BCUT2D eigenvalue weighted by atomic mass is 10.0. The van der Waals surface area contributed by atoms with Gasteiger partial charge < -0.3 is 10.2 Å². The number of aliphatic hydroxyl groups is 2. The number of rotatable bonds is 17. The summed E-state index contributed by atoms with van der Waals surface area (Å²) in [5.41, 5.74) is 0. The van der Waals surface area contributed by atoms with Gasteiger partial charge in [0, 0.05) is 13.2 Å². The van der Waals surface area contributed by atoms with Gasteiger partial charge in [-0.1, -0.05) is 110 Å². The first kappa shape index (κ1) is 25.2. The molecule has 0 saturated carbocycles. The van der Waals surface area contributed by atoms with Crippen LogP contribution in [0.15, 0.2) is 0 Å². The van der Waals surface area contributed by atoms with E-state index in [1.807, 2.05) is 0 Å². The zero-order valence-electron chi connectivity index (χ0n) is 16.3. The maximum Gasteiger partial charge on any atom is 0.0431 e. The molecular weight excluding hydrogens is 284 g/mol.